The van der Waals surface area contributed by atoms with Crippen LogP contribution in [0.1, 0.15) is 24.5 Å². The molecule has 0 aromatic heterocycles. The topological polar surface area (TPSA) is 47.9 Å². The van der Waals surface area contributed by atoms with Gasteiger partial charge in [0, 0.05) is 3.57 Å². The Morgan fingerprint density at radius 2 is 1.96 bits per heavy atom. The predicted octanol–water partition coefficient (Wildman–Crippen LogP) is 6.60. The highest BCUT2D eigenvalue weighted by Gasteiger charge is 2.26. The van der Waals surface area contributed by atoms with Crippen LogP contribution in [-0.2, 0) is 9.53 Å². The third-order valence-electron chi connectivity index (χ3n) is 3.55. The molecule has 0 fully saturated rings. The molecule has 0 bridgehead atoms. The van der Waals surface area contributed by atoms with Crippen LogP contribution in [0.4, 0.5) is 0 Å². The molecule has 0 atom stereocenters. The Labute approximate surface area is 192 Å². The van der Waals surface area contributed by atoms with Gasteiger partial charge < -0.3 is 9.47 Å². The van der Waals surface area contributed by atoms with E-state index in [1.807, 2.05) is 31.2 Å². The molecule has 0 N–H and O–H groups in total. The summed E-state index contributed by atoms with van der Waals surface area (Å²) in [4.78, 5) is 16.6. The number of carbonyl (C=O) groups is 1. The van der Waals surface area contributed by atoms with Gasteiger partial charge in [-0.1, -0.05) is 18.5 Å². The first kappa shape index (κ1) is 20.8. The highest BCUT2D eigenvalue weighted by molar-refractivity contribution is 14.1. The summed E-state index contributed by atoms with van der Waals surface area (Å²) in [6.45, 7) is 2.66. The molecule has 0 unspecified atom stereocenters. The number of hydrogen-bond acceptors (Lipinski definition) is 4. The number of ether oxygens (including phenoxy) is 2. The number of rotatable bonds is 5. The van der Waals surface area contributed by atoms with Crippen LogP contribution < -0.4 is 4.74 Å². The van der Waals surface area contributed by atoms with Crippen LogP contribution in [0, 0.1) is 3.57 Å². The van der Waals surface area contributed by atoms with E-state index >= 15 is 0 Å². The molecule has 2 aromatic carbocycles. The number of halogens is 4. The third-order valence-corrected chi connectivity index (χ3v) is 5.73. The Hall–Kier alpha value is -0.900. The zero-order chi connectivity index (χ0) is 19.6. The van der Waals surface area contributed by atoms with Gasteiger partial charge in [-0.25, -0.2) is 9.79 Å². The highest BCUT2D eigenvalue weighted by atomic mass is 127. The fraction of sp³-hybridized carbons (Fsp3) is 0.158. The van der Waals surface area contributed by atoms with Crippen molar-refractivity contribution in [1.29, 1.82) is 0 Å². The SMILES string of the molecule is CCCOc1c(Br)cc(/C=C2\N=C(c3cc(I)ccc3Cl)OC2=O)cc1Br. The molecule has 27 heavy (non-hydrogen) atoms. The smallest absolute Gasteiger partial charge is 0.363 e. The molecule has 8 heteroatoms. The first-order chi connectivity index (χ1) is 12.9. The summed E-state index contributed by atoms with van der Waals surface area (Å²) in [5.74, 6) is 0.414. The molecule has 0 saturated carbocycles. The van der Waals surface area contributed by atoms with E-state index < -0.39 is 5.97 Å². The summed E-state index contributed by atoms with van der Waals surface area (Å²) in [7, 11) is 0. The van der Waals surface area contributed by atoms with E-state index in [9.17, 15) is 4.79 Å². The van der Waals surface area contributed by atoms with E-state index in [0.29, 0.717) is 17.2 Å². The molecule has 0 spiro atoms. The lowest BCUT2D eigenvalue weighted by molar-refractivity contribution is -0.129. The molecule has 3 rings (SSSR count). The minimum Gasteiger partial charge on any atom is -0.491 e. The molecule has 0 amide bonds. The second-order valence-electron chi connectivity index (χ2n) is 5.62. The van der Waals surface area contributed by atoms with Gasteiger partial charge in [0.1, 0.15) is 5.75 Å². The number of nitrogens with zero attached hydrogens (tertiary/aromatic N) is 1. The van der Waals surface area contributed by atoms with Crippen molar-refractivity contribution in [2.24, 2.45) is 4.99 Å². The first-order valence-corrected chi connectivity index (χ1v) is 11.0. The second-order valence-corrected chi connectivity index (χ2v) is 8.98. The van der Waals surface area contributed by atoms with Gasteiger partial charge in [-0.3, -0.25) is 0 Å². The lowest BCUT2D eigenvalue weighted by Crippen LogP contribution is -2.06. The van der Waals surface area contributed by atoms with Crippen LogP contribution >= 0.6 is 66.1 Å². The molecule has 0 aliphatic carbocycles. The average molecular weight is 625 g/mol. The van der Waals surface area contributed by atoms with Gasteiger partial charge in [0.2, 0.25) is 5.90 Å². The van der Waals surface area contributed by atoms with Gasteiger partial charge in [-0.05, 0) is 103 Å². The lowest BCUT2D eigenvalue weighted by Gasteiger charge is -2.10. The summed E-state index contributed by atoms with van der Waals surface area (Å²) in [5, 5.41) is 0.478. The number of benzene rings is 2. The number of cyclic esters (lactones) is 1. The fourth-order valence-corrected chi connectivity index (χ4v) is 4.49. The van der Waals surface area contributed by atoms with Crippen LogP contribution in [0.2, 0.25) is 5.02 Å². The van der Waals surface area contributed by atoms with E-state index in [4.69, 9.17) is 21.1 Å². The van der Waals surface area contributed by atoms with E-state index in [-0.39, 0.29) is 11.6 Å². The largest absolute Gasteiger partial charge is 0.491 e. The molecule has 140 valence electrons. The maximum atomic E-state index is 12.2. The van der Waals surface area contributed by atoms with Gasteiger partial charge in [0.05, 0.1) is 26.1 Å². The van der Waals surface area contributed by atoms with Gasteiger partial charge >= 0.3 is 5.97 Å². The fourth-order valence-electron chi connectivity index (χ4n) is 2.35. The van der Waals surface area contributed by atoms with Gasteiger partial charge in [0.15, 0.2) is 5.70 Å². The van der Waals surface area contributed by atoms with Crippen molar-refractivity contribution in [2.45, 2.75) is 13.3 Å². The molecule has 0 radical (unpaired) electrons. The minimum absolute atomic E-state index is 0.204. The van der Waals surface area contributed by atoms with Gasteiger partial charge in [0.25, 0.3) is 0 Å². The van der Waals surface area contributed by atoms with E-state index in [1.54, 1.807) is 12.1 Å². The van der Waals surface area contributed by atoms with Crippen molar-refractivity contribution < 1.29 is 14.3 Å². The normalized spacial score (nSPS) is 15.1. The van der Waals surface area contributed by atoms with E-state index in [2.05, 4.69) is 59.4 Å². The maximum absolute atomic E-state index is 12.2. The van der Waals surface area contributed by atoms with E-state index in [0.717, 1.165) is 30.2 Å². The number of esters is 1. The molecule has 0 saturated heterocycles. The van der Waals surface area contributed by atoms with Crippen LogP contribution in [-0.4, -0.2) is 18.5 Å². The van der Waals surface area contributed by atoms with Crippen LogP contribution in [0.15, 0.2) is 50.0 Å². The van der Waals surface area contributed by atoms with Gasteiger partial charge in [-0.2, -0.15) is 0 Å². The van der Waals surface area contributed by atoms with E-state index in [1.165, 1.54) is 0 Å². The number of carbonyl (C=O) groups excluding carboxylic acids is 1. The van der Waals surface area contributed by atoms with Crippen LogP contribution in [0.5, 0.6) is 5.75 Å². The van der Waals surface area contributed by atoms with Crippen molar-refractivity contribution in [3.8, 4) is 5.75 Å². The third kappa shape index (κ3) is 4.93. The molecular weight excluding hydrogens is 612 g/mol. The summed E-state index contributed by atoms with van der Waals surface area (Å²) in [5.41, 5.74) is 1.58. The summed E-state index contributed by atoms with van der Waals surface area (Å²) in [6.07, 6.45) is 2.57. The molecule has 1 aliphatic rings. The second kappa shape index (κ2) is 9.07. The molecule has 1 aliphatic heterocycles. The monoisotopic (exact) mass is 623 g/mol. The Morgan fingerprint density at radius 3 is 2.63 bits per heavy atom. The highest BCUT2D eigenvalue weighted by Crippen LogP contribution is 2.36. The van der Waals surface area contributed by atoms with Gasteiger partial charge in [-0.15, -0.1) is 0 Å². The number of hydrogen-bond donors (Lipinski definition) is 0. The van der Waals surface area contributed by atoms with Crippen molar-refractivity contribution in [3.05, 3.63) is 64.7 Å². The first-order valence-electron chi connectivity index (χ1n) is 7.99. The zero-order valence-corrected chi connectivity index (χ0v) is 20.1. The van der Waals surface area contributed by atoms with Crippen molar-refractivity contribution in [1.82, 2.24) is 0 Å². The van der Waals surface area contributed by atoms with Crippen LogP contribution in [0.3, 0.4) is 0 Å². The maximum Gasteiger partial charge on any atom is 0.363 e. The Balaban J connectivity index is 1.94. The molecule has 1 heterocycles. The zero-order valence-electron chi connectivity index (χ0n) is 14.1. The lowest BCUT2D eigenvalue weighted by atomic mass is 10.2. The molecule has 4 nitrogen and oxygen atoms in total. The Morgan fingerprint density at radius 1 is 1.26 bits per heavy atom. The van der Waals surface area contributed by atoms with Crippen LogP contribution in [0.25, 0.3) is 6.08 Å². The standard InChI is InChI=1S/C19H13Br2ClINO3/c1-2-5-26-17-13(20)6-10(7-14(17)21)8-16-19(25)27-18(24-16)12-9-11(23)3-4-15(12)22/h3-4,6-9H,2,5H2,1H3/b16-8-. The van der Waals surface area contributed by atoms with Crippen molar-refractivity contribution in [3.63, 3.8) is 0 Å². The quantitative estimate of drug-likeness (QED) is 0.214. The average Bonchev–Trinajstić information content (AvgIpc) is 2.97. The van der Waals surface area contributed by atoms with Crippen molar-refractivity contribution in [2.75, 3.05) is 6.61 Å². The summed E-state index contributed by atoms with van der Waals surface area (Å²) < 4.78 is 13.6. The summed E-state index contributed by atoms with van der Waals surface area (Å²) >= 11 is 15.4. The molecule has 2 aromatic rings. The molecular formula is C19H13Br2ClINO3. The number of aliphatic imine (C=N–C) groups is 1. The Kier molecular flexibility index (Phi) is 6.99. The predicted molar refractivity (Wildman–Crippen MR) is 122 cm³/mol. The Bertz CT molecular complexity index is 952. The minimum atomic E-state index is -0.515. The summed E-state index contributed by atoms with van der Waals surface area (Å²) in [6, 6.07) is 9.17. The van der Waals surface area contributed by atoms with Crippen molar-refractivity contribution >= 4 is 84.0 Å².